The number of hydrogen-bond donors (Lipinski definition) is 1. The molecule has 2 aromatic carbocycles. The van der Waals surface area contributed by atoms with Crippen molar-refractivity contribution in [2.45, 2.75) is 44.8 Å². The number of hydrogen-bond acceptors (Lipinski definition) is 3. The number of carbonyl (C=O) groups is 2. The van der Waals surface area contributed by atoms with Crippen molar-refractivity contribution in [3.8, 4) is 0 Å². The van der Waals surface area contributed by atoms with Crippen molar-refractivity contribution in [1.29, 1.82) is 0 Å². The molecule has 5 rings (SSSR count). The molecule has 3 heterocycles. The molecule has 1 N–H and O–H groups in total. The smallest absolute Gasteiger partial charge is 0.255 e. The van der Waals surface area contributed by atoms with E-state index in [1.54, 1.807) is 18.5 Å². The van der Waals surface area contributed by atoms with Crippen molar-refractivity contribution in [2.75, 3.05) is 0 Å². The molecule has 3 aromatic rings. The van der Waals surface area contributed by atoms with E-state index in [1.165, 1.54) is 11.1 Å². The van der Waals surface area contributed by atoms with Gasteiger partial charge in [0, 0.05) is 25.5 Å². The minimum absolute atomic E-state index is 0.0315. The Balaban J connectivity index is 1.48. The summed E-state index contributed by atoms with van der Waals surface area (Å²) in [4.78, 5) is 32.6. The van der Waals surface area contributed by atoms with Gasteiger partial charge < -0.3 is 10.2 Å². The lowest BCUT2D eigenvalue weighted by Crippen LogP contribution is -2.29. The molecule has 1 aromatic heterocycles. The van der Waals surface area contributed by atoms with Crippen molar-refractivity contribution in [3.05, 3.63) is 100 Å². The lowest BCUT2D eigenvalue weighted by Gasteiger charge is -2.29. The van der Waals surface area contributed by atoms with Crippen molar-refractivity contribution >= 4 is 11.8 Å². The third-order valence-electron chi connectivity index (χ3n) is 6.52. The van der Waals surface area contributed by atoms with Gasteiger partial charge in [-0.05, 0) is 46.2 Å². The van der Waals surface area contributed by atoms with E-state index >= 15 is 0 Å². The van der Waals surface area contributed by atoms with Crippen LogP contribution in [0.3, 0.4) is 0 Å². The Morgan fingerprint density at radius 2 is 1.97 bits per heavy atom. The van der Waals surface area contributed by atoms with Gasteiger partial charge in [-0.2, -0.15) is 0 Å². The van der Waals surface area contributed by atoms with Crippen LogP contribution in [0.5, 0.6) is 0 Å². The molecule has 31 heavy (non-hydrogen) atoms. The van der Waals surface area contributed by atoms with E-state index < -0.39 is 0 Å². The number of carbonyl (C=O) groups excluding carboxylic acids is 2. The number of pyridine rings is 1. The zero-order chi connectivity index (χ0) is 21.6. The standard InChI is InChI=1S/C26H25N3O2/c1-26(2)13-22-19-9-5-10-20(24(30)28-15-17-7-6-12-27-14-17)23(19)25(31)29(22)16-18-8-3-4-11-21(18)26/h3-12,14,22H,13,15-16H2,1-2H3,(H,28,30)/t22-/m0/s1. The van der Waals surface area contributed by atoms with Gasteiger partial charge in [-0.3, -0.25) is 14.6 Å². The van der Waals surface area contributed by atoms with Crippen LogP contribution in [0.15, 0.2) is 67.0 Å². The summed E-state index contributed by atoms with van der Waals surface area (Å²) in [6, 6.07) is 17.7. The zero-order valence-corrected chi connectivity index (χ0v) is 17.8. The summed E-state index contributed by atoms with van der Waals surface area (Å²) in [5.41, 5.74) is 5.28. The molecular weight excluding hydrogens is 386 g/mol. The lowest BCUT2D eigenvalue weighted by molar-refractivity contribution is 0.0694. The van der Waals surface area contributed by atoms with Gasteiger partial charge in [0.05, 0.1) is 17.2 Å². The zero-order valence-electron chi connectivity index (χ0n) is 17.8. The van der Waals surface area contributed by atoms with Crippen LogP contribution in [0.2, 0.25) is 0 Å². The van der Waals surface area contributed by atoms with Crippen molar-refractivity contribution in [3.63, 3.8) is 0 Å². The van der Waals surface area contributed by atoms with E-state index in [1.807, 2.05) is 35.2 Å². The largest absolute Gasteiger partial charge is 0.348 e. The SMILES string of the molecule is CC1(C)C[C@H]2c3cccc(C(=O)NCc4cccnc4)c3C(=O)N2Cc2ccccc21. The fraction of sp³-hybridized carbons (Fsp3) is 0.269. The number of aromatic nitrogens is 1. The second kappa shape index (κ2) is 7.34. The molecule has 156 valence electrons. The first-order valence-corrected chi connectivity index (χ1v) is 10.6. The monoisotopic (exact) mass is 411 g/mol. The molecule has 2 amide bonds. The fourth-order valence-electron chi connectivity index (χ4n) is 5.01. The summed E-state index contributed by atoms with van der Waals surface area (Å²) >= 11 is 0. The molecule has 2 aliphatic rings. The Morgan fingerprint density at radius 3 is 2.77 bits per heavy atom. The van der Waals surface area contributed by atoms with Crippen LogP contribution in [0.4, 0.5) is 0 Å². The summed E-state index contributed by atoms with van der Waals surface area (Å²) in [5.74, 6) is -0.286. The van der Waals surface area contributed by atoms with Gasteiger partial charge in [0.25, 0.3) is 11.8 Å². The van der Waals surface area contributed by atoms with Crippen molar-refractivity contribution in [1.82, 2.24) is 15.2 Å². The Kier molecular flexibility index (Phi) is 4.62. The Morgan fingerprint density at radius 1 is 1.13 bits per heavy atom. The topological polar surface area (TPSA) is 62.3 Å². The van der Waals surface area contributed by atoms with E-state index in [9.17, 15) is 9.59 Å². The number of benzene rings is 2. The second-order valence-electron chi connectivity index (χ2n) is 9.01. The lowest BCUT2D eigenvalue weighted by atomic mass is 9.77. The van der Waals surface area contributed by atoms with Gasteiger partial charge in [-0.25, -0.2) is 0 Å². The maximum atomic E-state index is 13.5. The van der Waals surface area contributed by atoms with E-state index in [0.29, 0.717) is 24.2 Å². The summed E-state index contributed by atoms with van der Waals surface area (Å²) in [6.45, 7) is 5.41. The van der Waals surface area contributed by atoms with E-state index in [4.69, 9.17) is 0 Å². The quantitative estimate of drug-likeness (QED) is 0.695. The number of fused-ring (bicyclic) bond motifs is 4. The molecule has 0 fully saturated rings. The van der Waals surface area contributed by atoms with Crippen LogP contribution < -0.4 is 5.32 Å². The highest BCUT2D eigenvalue weighted by molar-refractivity contribution is 6.10. The first-order valence-electron chi connectivity index (χ1n) is 10.6. The average molecular weight is 412 g/mol. The average Bonchev–Trinajstić information content (AvgIpc) is 2.96. The third kappa shape index (κ3) is 3.30. The molecule has 0 saturated heterocycles. The van der Waals surface area contributed by atoms with E-state index in [-0.39, 0.29) is 23.3 Å². The van der Waals surface area contributed by atoms with Crippen LogP contribution in [0, 0.1) is 0 Å². The maximum Gasteiger partial charge on any atom is 0.255 e. The van der Waals surface area contributed by atoms with Crippen LogP contribution in [-0.4, -0.2) is 21.7 Å². The molecule has 0 aliphatic carbocycles. The normalized spacial score (nSPS) is 18.6. The highest BCUT2D eigenvalue weighted by Gasteiger charge is 2.44. The molecule has 0 spiro atoms. The van der Waals surface area contributed by atoms with Gasteiger partial charge in [0.2, 0.25) is 0 Å². The Hall–Kier alpha value is -3.47. The first-order chi connectivity index (χ1) is 15.0. The maximum absolute atomic E-state index is 13.5. The second-order valence-corrected chi connectivity index (χ2v) is 9.01. The number of nitrogens with zero attached hydrogens (tertiary/aromatic N) is 2. The molecular formula is C26H25N3O2. The first kappa shape index (κ1) is 19.5. The van der Waals surface area contributed by atoms with E-state index in [0.717, 1.165) is 17.5 Å². The predicted molar refractivity (Wildman–Crippen MR) is 119 cm³/mol. The van der Waals surface area contributed by atoms with E-state index in [2.05, 4.69) is 42.3 Å². The number of rotatable bonds is 3. The summed E-state index contributed by atoms with van der Waals surface area (Å²) in [6.07, 6.45) is 4.25. The van der Waals surface area contributed by atoms with Gasteiger partial charge >= 0.3 is 0 Å². The molecule has 0 saturated carbocycles. The number of amides is 2. The molecule has 0 bridgehead atoms. The molecule has 5 nitrogen and oxygen atoms in total. The predicted octanol–water partition coefficient (Wildman–Crippen LogP) is 4.39. The summed E-state index contributed by atoms with van der Waals surface area (Å²) in [7, 11) is 0. The van der Waals surface area contributed by atoms with Gasteiger partial charge in [0.15, 0.2) is 0 Å². The Labute approximate surface area is 182 Å². The van der Waals surface area contributed by atoms with Crippen molar-refractivity contribution < 1.29 is 9.59 Å². The highest BCUT2D eigenvalue weighted by atomic mass is 16.2. The third-order valence-corrected chi connectivity index (χ3v) is 6.52. The fourth-order valence-corrected chi connectivity index (χ4v) is 5.01. The summed E-state index contributed by atoms with van der Waals surface area (Å²) in [5, 5.41) is 2.94. The minimum Gasteiger partial charge on any atom is -0.348 e. The molecule has 0 unspecified atom stereocenters. The summed E-state index contributed by atoms with van der Waals surface area (Å²) < 4.78 is 0. The van der Waals surface area contributed by atoms with Crippen LogP contribution in [0.1, 0.15) is 69.3 Å². The van der Waals surface area contributed by atoms with Gasteiger partial charge in [-0.15, -0.1) is 0 Å². The van der Waals surface area contributed by atoms with Crippen LogP contribution >= 0.6 is 0 Å². The van der Waals surface area contributed by atoms with Crippen LogP contribution in [-0.2, 0) is 18.5 Å². The molecule has 0 radical (unpaired) electrons. The number of nitrogens with one attached hydrogen (secondary N) is 1. The van der Waals surface area contributed by atoms with Crippen LogP contribution in [0.25, 0.3) is 0 Å². The molecule has 2 aliphatic heterocycles. The minimum atomic E-state index is -0.230. The van der Waals surface area contributed by atoms with Gasteiger partial charge in [0.1, 0.15) is 0 Å². The highest BCUT2D eigenvalue weighted by Crippen LogP contribution is 2.47. The van der Waals surface area contributed by atoms with Crippen molar-refractivity contribution in [2.24, 2.45) is 0 Å². The Bertz CT molecular complexity index is 1170. The van der Waals surface area contributed by atoms with Gasteiger partial charge in [-0.1, -0.05) is 56.3 Å². The molecule has 1 atom stereocenters. The molecule has 5 heteroatoms.